The zero-order valence-electron chi connectivity index (χ0n) is 9.60. The molecule has 0 atom stereocenters. The second-order valence-electron chi connectivity index (χ2n) is 2.84. The quantitative estimate of drug-likeness (QED) is 0.577. The van der Waals surface area contributed by atoms with E-state index in [-0.39, 0.29) is 17.7 Å². The van der Waals surface area contributed by atoms with Crippen LogP contribution < -0.4 is 0 Å². The summed E-state index contributed by atoms with van der Waals surface area (Å²) in [6, 6.07) is 12.0. The van der Waals surface area contributed by atoms with Crippen LogP contribution in [0.25, 0.3) is 0 Å². The molecule has 90 valence electrons. The zero-order chi connectivity index (χ0) is 11.5. The molecular formula is C12H18O4. The van der Waals surface area contributed by atoms with Crippen molar-refractivity contribution in [1.29, 1.82) is 0 Å². The number of hydrogen-bond donors (Lipinski definition) is 0. The Balaban J connectivity index is 0. The maximum Gasteiger partial charge on any atom is 0.313 e. The summed E-state index contributed by atoms with van der Waals surface area (Å²) in [5, 5.41) is 0. The second-order valence-corrected chi connectivity index (χ2v) is 2.84. The number of benzene rings is 1. The molecule has 0 radical (unpaired) electrons. The van der Waals surface area contributed by atoms with E-state index < -0.39 is 5.97 Å². The van der Waals surface area contributed by atoms with E-state index in [4.69, 9.17) is 0 Å². The maximum absolute atomic E-state index is 10.4. The minimum atomic E-state index is -0.440. The summed E-state index contributed by atoms with van der Waals surface area (Å²) in [5.41, 5.74) is 0. The topological polar surface area (TPSA) is 74.9 Å². The maximum atomic E-state index is 10.4. The van der Waals surface area contributed by atoms with Crippen molar-refractivity contribution in [1.82, 2.24) is 0 Å². The molecular weight excluding hydrogens is 208 g/mol. The van der Waals surface area contributed by atoms with Crippen molar-refractivity contribution < 1.29 is 19.8 Å². The SMILES string of the molecule is CCOC(=O)CC(C)=O.O.c1ccccc1. The summed E-state index contributed by atoms with van der Waals surface area (Å²) in [6.07, 6.45) is -0.103. The van der Waals surface area contributed by atoms with Gasteiger partial charge in [-0.25, -0.2) is 0 Å². The van der Waals surface area contributed by atoms with Crippen LogP contribution in [0, 0.1) is 0 Å². The molecule has 0 aliphatic heterocycles. The van der Waals surface area contributed by atoms with E-state index in [1.54, 1.807) is 6.92 Å². The lowest BCUT2D eigenvalue weighted by molar-refractivity contribution is -0.145. The smallest absolute Gasteiger partial charge is 0.313 e. The molecule has 0 aromatic heterocycles. The van der Waals surface area contributed by atoms with E-state index in [1.807, 2.05) is 36.4 Å². The Labute approximate surface area is 95.5 Å². The molecule has 0 amide bonds. The number of ketones is 1. The highest BCUT2D eigenvalue weighted by atomic mass is 16.5. The molecule has 1 rings (SSSR count). The van der Waals surface area contributed by atoms with Gasteiger partial charge in [0.05, 0.1) is 6.61 Å². The van der Waals surface area contributed by atoms with Crippen molar-refractivity contribution in [3.63, 3.8) is 0 Å². The van der Waals surface area contributed by atoms with E-state index in [0.717, 1.165) is 0 Å². The van der Waals surface area contributed by atoms with Crippen LogP contribution in [-0.4, -0.2) is 23.8 Å². The van der Waals surface area contributed by atoms with Gasteiger partial charge in [-0.3, -0.25) is 9.59 Å². The van der Waals surface area contributed by atoms with E-state index >= 15 is 0 Å². The summed E-state index contributed by atoms with van der Waals surface area (Å²) in [6.45, 7) is 3.40. The van der Waals surface area contributed by atoms with Gasteiger partial charge in [-0.1, -0.05) is 36.4 Å². The molecule has 0 heterocycles. The Bertz CT molecular complexity index is 256. The van der Waals surface area contributed by atoms with Crippen molar-refractivity contribution >= 4 is 11.8 Å². The van der Waals surface area contributed by atoms with Gasteiger partial charge in [0.25, 0.3) is 0 Å². The van der Waals surface area contributed by atoms with Crippen LogP contribution in [0.2, 0.25) is 0 Å². The number of carbonyl (C=O) groups excluding carboxylic acids is 2. The first-order valence-corrected chi connectivity index (χ1v) is 4.82. The third-order valence-corrected chi connectivity index (χ3v) is 1.37. The van der Waals surface area contributed by atoms with Crippen molar-refractivity contribution in [3.8, 4) is 0 Å². The zero-order valence-corrected chi connectivity index (χ0v) is 9.60. The minimum Gasteiger partial charge on any atom is -0.466 e. The molecule has 0 unspecified atom stereocenters. The Hall–Kier alpha value is -1.68. The molecule has 0 aliphatic carbocycles. The highest BCUT2D eigenvalue weighted by Crippen LogP contribution is 1.86. The highest BCUT2D eigenvalue weighted by molar-refractivity contribution is 5.94. The molecule has 1 aromatic carbocycles. The third kappa shape index (κ3) is 12.3. The fraction of sp³-hybridized carbons (Fsp3) is 0.333. The van der Waals surface area contributed by atoms with Gasteiger partial charge in [0, 0.05) is 0 Å². The van der Waals surface area contributed by atoms with E-state index in [9.17, 15) is 9.59 Å². The van der Waals surface area contributed by atoms with Crippen molar-refractivity contribution in [2.75, 3.05) is 6.61 Å². The van der Waals surface area contributed by atoms with Gasteiger partial charge >= 0.3 is 5.97 Å². The van der Waals surface area contributed by atoms with Crippen LogP contribution in [0.15, 0.2) is 36.4 Å². The average Bonchev–Trinajstić information content (AvgIpc) is 2.20. The summed E-state index contributed by atoms with van der Waals surface area (Å²) >= 11 is 0. The molecule has 4 heteroatoms. The summed E-state index contributed by atoms with van der Waals surface area (Å²) in [5.74, 6) is -0.599. The Morgan fingerprint density at radius 3 is 1.62 bits per heavy atom. The molecule has 16 heavy (non-hydrogen) atoms. The first-order chi connectivity index (χ1) is 7.16. The van der Waals surface area contributed by atoms with Crippen LogP contribution in [0.3, 0.4) is 0 Å². The van der Waals surface area contributed by atoms with Gasteiger partial charge in [0.15, 0.2) is 0 Å². The van der Waals surface area contributed by atoms with Gasteiger partial charge in [-0.15, -0.1) is 0 Å². The molecule has 2 N–H and O–H groups in total. The number of carbonyl (C=O) groups is 2. The molecule has 0 saturated heterocycles. The van der Waals surface area contributed by atoms with Crippen molar-refractivity contribution in [2.24, 2.45) is 0 Å². The van der Waals surface area contributed by atoms with Crippen LogP contribution in [-0.2, 0) is 14.3 Å². The first-order valence-electron chi connectivity index (χ1n) is 4.82. The number of Topliss-reactive ketones (excluding diaryl/α,β-unsaturated/α-hetero) is 1. The standard InChI is InChI=1S/C6H10O3.C6H6.H2O/c1-3-9-6(8)4-5(2)7;1-2-4-6-5-3-1;/h3-4H2,1-2H3;1-6H;1H2. The molecule has 1 aromatic rings. The summed E-state index contributed by atoms with van der Waals surface area (Å²) < 4.78 is 4.49. The molecule has 0 saturated carbocycles. The fourth-order valence-corrected chi connectivity index (χ4v) is 0.800. The molecule has 4 nitrogen and oxygen atoms in total. The molecule has 0 fully saturated rings. The highest BCUT2D eigenvalue weighted by Gasteiger charge is 2.03. The number of hydrogen-bond acceptors (Lipinski definition) is 3. The minimum absolute atomic E-state index is 0. The van der Waals surface area contributed by atoms with Crippen LogP contribution in [0.4, 0.5) is 0 Å². The Kier molecular flexibility index (Phi) is 11.9. The van der Waals surface area contributed by atoms with E-state index in [1.165, 1.54) is 6.92 Å². The average molecular weight is 226 g/mol. The van der Waals surface area contributed by atoms with Gasteiger partial charge in [-0.05, 0) is 13.8 Å². The second kappa shape index (κ2) is 11.4. The van der Waals surface area contributed by atoms with Gasteiger partial charge < -0.3 is 10.2 Å². The van der Waals surface area contributed by atoms with Crippen LogP contribution in [0.5, 0.6) is 0 Å². The molecule has 0 aliphatic rings. The monoisotopic (exact) mass is 226 g/mol. The van der Waals surface area contributed by atoms with Crippen molar-refractivity contribution in [2.45, 2.75) is 20.3 Å². The lowest BCUT2D eigenvalue weighted by Crippen LogP contribution is -2.07. The van der Waals surface area contributed by atoms with E-state index in [0.29, 0.717) is 6.61 Å². The van der Waals surface area contributed by atoms with Crippen molar-refractivity contribution in [3.05, 3.63) is 36.4 Å². The van der Waals surface area contributed by atoms with Crippen LogP contribution >= 0.6 is 0 Å². The lowest BCUT2D eigenvalue weighted by atomic mass is 10.3. The van der Waals surface area contributed by atoms with E-state index in [2.05, 4.69) is 4.74 Å². The Morgan fingerprint density at radius 2 is 1.38 bits per heavy atom. The molecule has 0 spiro atoms. The van der Waals surface area contributed by atoms with Gasteiger partial charge in [0.2, 0.25) is 0 Å². The van der Waals surface area contributed by atoms with Gasteiger partial charge in [-0.2, -0.15) is 0 Å². The number of ether oxygens (including phenoxy) is 1. The predicted molar refractivity (Wildman–Crippen MR) is 62.0 cm³/mol. The normalized spacial score (nSPS) is 7.88. The number of esters is 1. The fourth-order valence-electron chi connectivity index (χ4n) is 0.800. The number of rotatable bonds is 3. The third-order valence-electron chi connectivity index (χ3n) is 1.37. The van der Waals surface area contributed by atoms with Crippen LogP contribution in [0.1, 0.15) is 20.3 Å². The largest absolute Gasteiger partial charge is 0.466 e. The summed E-state index contributed by atoms with van der Waals surface area (Å²) in [4.78, 5) is 20.6. The van der Waals surface area contributed by atoms with Gasteiger partial charge in [0.1, 0.15) is 12.2 Å². The Morgan fingerprint density at radius 1 is 1.00 bits per heavy atom. The summed E-state index contributed by atoms with van der Waals surface area (Å²) in [7, 11) is 0. The first kappa shape index (κ1) is 16.7. The molecule has 0 bridgehead atoms. The lowest BCUT2D eigenvalue weighted by Gasteiger charge is -1.96. The predicted octanol–water partition coefficient (Wildman–Crippen LogP) is 1.39.